The van der Waals surface area contributed by atoms with Gasteiger partial charge in [0.15, 0.2) is 11.5 Å². The summed E-state index contributed by atoms with van der Waals surface area (Å²) in [6.45, 7) is 4.41. The maximum Gasteiger partial charge on any atom is 0.160 e. The Morgan fingerprint density at radius 1 is 1.40 bits per heavy atom. The molecular formula is C12H13NO2. The minimum Gasteiger partial charge on any atom is -0.353 e. The largest absolute Gasteiger partial charge is 0.353 e. The van der Waals surface area contributed by atoms with Gasteiger partial charge in [-0.05, 0) is 6.92 Å². The fourth-order valence-corrected chi connectivity index (χ4v) is 2.27. The molecule has 2 heterocycles. The minimum atomic E-state index is -0.144. The van der Waals surface area contributed by atoms with Crippen molar-refractivity contribution in [2.75, 3.05) is 19.7 Å². The third-order valence-corrected chi connectivity index (χ3v) is 3.26. The van der Waals surface area contributed by atoms with Gasteiger partial charge in [0.2, 0.25) is 0 Å². The first kappa shape index (κ1) is 9.07. The summed E-state index contributed by atoms with van der Waals surface area (Å²) < 4.78 is 5.74. The molecule has 0 aliphatic carbocycles. The van der Waals surface area contributed by atoms with E-state index in [2.05, 4.69) is 4.90 Å². The number of hydrogen-bond acceptors (Lipinski definition) is 3. The Labute approximate surface area is 88.6 Å². The van der Waals surface area contributed by atoms with Gasteiger partial charge in [0.05, 0.1) is 6.61 Å². The Balaban J connectivity index is 1.91. The monoisotopic (exact) mass is 203 g/mol. The normalized spacial score (nSPS) is 32.5. The number of benzene rings is 1. The van der Waals surface area contributed by atoms with Gasteiger partial charge >= 0.3 is 0 Å². The molecule has 2 saturated heterocycles. The van der Waals surface area contributed by atoms with Crippen molar-refractivity contribution < 1.29 is 9.53 Å². The summed E-state index contributed by atoms with van der Waals surface area (Å²) >= 11 is 0. The van der Waals surface area contributed by atoms with Gasteiger partial charge in [-0.25, -0.2) is 0 Å². The fourth-order valence-electron chi connectivity index (χ4n) is 2.27. The molecule has 0 spiro atoms. The summed E-state index contributed by atoms with van der Waals surface area (Å²) in [5.74, 6) is 0.110. The molecule has 0 N–H and O–H groups in total. The van der Waals surface area contributed by atoms with E-state index in [4.69, 9.17) is 4.74 Å². The minimum absolute atomic E-state index is 0.110. The third-order valence-electron chi connectivity index (χ3n) is 3.26. The maximum atomic E-state index is 11.1. The molecule has 15 heavy (non-hydrogen) atoms. The van der Waals surface area contributed by atoms with Gasteiger partial charge in [-0.2, -0.15) is 0 Å². The second kappa shape index (κ2) is 2.90. The molecule has 2 aliphatic heterocycles. The highest BCUT2D eigenvalue weighted by Gasteiger charge is 2.58. The average molecular weight is 203 g/mol. The summed E-state index contributed by atoms with van der Waals surface area (Å²) in [7, 11) is 0. The van der Waals surface area contributed by atoms with Gasteiger partial charge in [0.1, 0.15) is 0 Å². The van der Waals surface area contributed by atoms with E-state index in [1.807, 2.05) is 24.3 Å². The summed E-state index contributed by atoms with van der Waals surface area (Å²) in [6, 6.07) is 7.76. The van der Waals surface area contributed by atoms with Crippen molar-refractivity contribution in [3.05, 3.63) is 35.4 Å². The van der Waals surface area contributed by atoms with E-state index < -0.39 is 0 Å². The molecule has 0 amide bonds. The lowest BCUT2D eigenvalue weighted by Crippen LogP contribution is -2.12. The second-order valence-corrected chi connectivity index (χ2v) is 4.19. The first-order valence-corrected chi connectivity index (χ1v) is 5.23. The van der Waals surface area contributed by atoms with Crippen LogP contribution in [0.2, 0.25) is 0 Å². The Bertz CT molecular complexity index is 412. The molecule has 3 rings (SSSR count). The Hall–Kier alpha value is -1.19. The summed E-state index contributed by atoms with van der Waals surface area (Å²) in [5.41, 5.74) is 1.79. The number of ether oxygens (including phenoxy) is 1. The molecule has 0 saturated carbocycles. The summed E-state index contributed by atoms with van der Waals surface area (Å²) in [5, 5.41) is 0. The number of Topliss-reactive ketones (excluding diaryl/α,β-unsaturated/α-hetero) is 1. The van der Waals surface area contributed by atoms with Crippen LogP contribution in [0.5, 0.6) is 0 Å². The van der Waals surface area contributed by atoms with E-state index in [9.17, 15) is 4.79 Å². The molecule has 1 aromatic rings. The quantitative estimate of drug-likeness (QED) is 0.537. The number of hydrogen-bond donors (Lipinski definition) is 0. The fraction of sp³-hybridized carbons (Fsp3) is 0.417. The molecule has 0 bridgehead atoms. The van der Waals surface area contributed by atoms with Gasteiger partial charge in [0, 0.05) is 24.2 Å². The zero-order valence-corrected chi connectivity index (χ0v) is 8.69. The van der Waals surface area contributed by atoms with Gasteiger partial charge in [0.25, 0.3) is 0 Å². The van der Waals surface area contributed by atoms with Crippen LogP contribution in [0.1, 0.15) is 22.8 Å². The number of carbonyl (C=O) groups is 1. The zero-order valence-electron chi connectivity index (χ0n) is 8.69. The standard InChI is InChI=1S/C12H13NO2/c1-9(14)10-2-4-11(5-3-10)12-8-13(12)6-7-15-12/h2-5H,6-8H2,1H3. The van der Waals surface area contributed by atoms with Crippen molar-refractivity contribution in [2.24, 2.45) is 0 Å². The number of fused-ring (bicyclic) bond motifs is 1. The molecule has 2 aliphatic rings. The molecule has 2 atom stereocenters. The molecule has 1 aromatic carbocycles. The van der Waals surface area contributed by atoms with E-state index in [-0.39, 0.29) is 11.5 Å². The Kier molecular flexibility index (Phi) is 1.75. The summed E-state index contributed by atoms with van der Waals surface area (Å²) in [6.07, 6.45) is 0. The molecule has 78 valence electrons. The molecule has 2 fully saturated rings. The molecule has 0 radical (unpaired) electrons. The van der Waals surface area contributed by atoms with Crippen molar-refractivity contribution >= 4 is 5.78 Å². The zero-order chi connectivity index (χ0) is 10.5. The predicted molar refractivity (Wildman–Crippen MR) is 55.6 cm³/mol. The van der Waals surface area contributed by atoms with Crippen LogP contribution in [0.25, 0.3) is 0 Å². The van der Waals surface area contributed by atoms with Crippen molar-refractivity contribution in [1.82, 2.24) is 4.90 Å². The van der Waals surface area contributed by atoms with Crippen molar-refractivity contribution in [3.63, 3.8) is 0 Å². The van der Waals surface area contributed by atoms with Crippen LogP contribution in [0.4, 0.5) is 0 Å². The number of ketones is 1. The lowest BCUT2D eigenvalue weighted by molar-refractivity contribution is 0.0588. The van der Waals surface area contributed by atoms with E-state index in [0.29, 0.717) is 0 Å². The smallest absolute Gasteiger partial charge is 0.160 e. The number of carbonyl (C=O) groups excluding carboxylic acids is 1. The van der Waals surface area contributed by atoms with Gasteiger partial charge in [-0.3, -0.25) is 9.69 Å². The van der Waals surface area contributed by atoms with Crippen LogP contribution in [-0.4, -0.2) is 30.4 Å². The highest BCUT2D eigenvalue weighted by Crippen LogP contribution is 2.47. The van der Waals surface area contributed by atoms with E-state index >= 15 is 0 Å². The van der Waals surface area contributed by atoms with Gasteiger partial charge < -0.3 is 4.74 Å². The SMILES string of the molecule is CC(=O)c1ccc(C23CN2CCO3)cc1. The Morgan fingerprint density at radius 3 is 2.60 bits per heavy atom. The molecule has 2 unspecified atom stereocenters. The molecule has 3 heteroatoms. The lowest BCUT2D eigenvalue weighted by Gasteiger charge is -2.11. The van der Waals surface area contributed by atoms with Crippen molar-refractivity contribution in [3.8, 4) is 0 Å². The second-order valence-electron chi connectivity index (χ2n) is 4.19. The third kappa shape index (κ3) is 1.24. The average Bonchev–Trinajstić information content (AvgIpc) is 2.82. The van der Waals surface area contributed by atoms with Crippen LogP contribution in [0.15, 0.2) is 24.3 Å². The lowest BCUT2D eigenvalue weighted by atomic mass is 10.1. The van der Waals surface area contributed by atoms with Gasteiger partial charge in [-0.15, -0.1) is 0 Å². The topological polar surface area (TPSA) is 29.3 Å². The van der Waals surface area contributed by atoms with Crippen molar-refractivity contribution in [1.29, 1.82) is 0 Å². The number of nitrogens with zero attached hydrogens (tertiary/aromatic N) is 1. The van der Waals surface area contributed by atoms with Crippen LogP contribution in [0, 0.1) is 0 Å². The maximum absolute atomic E-state index is 11.1. The number of rotatable bonds is 2. The van der Waals surface area contributed by atoms with E-state index in [1.165, 1.54) is 5.56 Å². The first-order valence-electron chi connectivity index (χ1n) is 5.23. The van der Waals surface area contributed by atoms with Crippen LogP contribution >= 0.6 is 0 Å². The number of morpholine rings is 1. The highest BCUT2D eigenvalue weighted by molar-refractivity contribution is 5.94. The van der Waals surface area contributed by atoms with Crippen LogP contribution < -0.4 is 0 Å². The predicted octanol–water partition coefficient (Wildman–Crippen LogP) is 1.39. The van der Waals surface area contributed by atoms with Crippen LogP contribution in [0.3, 0.4) is 0 Å². The van der Waals surface area contributed by atoms with Crippen LogP contribution in [-0.2, 0) is 10.5 Å². The van der Waals surface area contributed by atoms with E-state index in [1.54, 1.807) is 6.92 Å². The molecule has 0 aromatic heterocycles. The van der Waals surface area contributed by atoms with Crippen molar-refractivity contribution in [2.45, 2.75) is 12.6 Å². The first-order chi connectivity index (χ1) is 7.22. The molecule has 3 nitrogen and oxygen atoms in total. The van der Waals surface area contributed by atoms with E-state index in [0.717, 1.165) is 25.3 Å². The summed E-state index contributed by atoms with van der Waals surface area (Å²) in [4.78, 5) is 13.4. The highest BCUT2D eigenvalue weighted by atomic mass is 16.5. The molecular weight excluding hydrogens is 190 g/mol. The Morgan fingerprint density at radius 2 is 2.13 bits per heavy atom. The van der Waals surface area contributed by atoms with Gasteiger partial charge in [-0.1, -0.05) is 24.3 Å².